The van der Waals surface area contributed by atoms with E-state index in [9.17, 15) is 5.11 Å². The summed E-state index contributed by atoms with van der Waals surface area (Å²) in [6.45, 7) is 4.13. The van der Waals surface area contributed by atoms with Crippen LogP contribution in [-0.4, -0.2) is 24.3 Å². The largest absolute Gasteiger partial charge is 0.393 e. The molecule has 0 amide bonds. The molecule has 9 heavy (non-hydrogen) atoms. The molecule has 0 aromatic heterocycles. The molecule has 1 heterocycles. The van der Waals surface area contributed by atoms with E-state index in [2.05, 4.69) is 12.2 Å². The van der Waals surface area contributed by atoms with Gasteiger partial charge in [-0.3, -0.25) is 0 Å². The number of hydrogen-bond donors (Lipinski definition) is 2. The lowest BCUT2D eigenvalue weighted by Gasteiger charge is -2.13. The molecule has 2 unspecified atom stereocenters. The average molecular weight is 129 g/mol. The normalized spacial score (nSPS) is 38.0. The van der Waals surface area contributed by atoms with Crippen molar-refractivity contribution < 1.29 is 5.11 Å². The molecule has 0 aromatic carbocycles. The lowest BCUT2D eigenvalue weighted by molar-refractivity contribution is 0.115. The lowest BCUT2D eigenvalue weighted by atomic mass is 10.0. The van der Waals surface area contributed by atoms with E-state index in [1.165, 1.54) is 0 Å². The van der Waals surface area contributed by atoms with Crippen LogP contribution in [0.2, 0.25) is 0 Å². The first-order chi connectivity index (χ1) is 4.30. The van der Waals surface area contributed by atoms with E-state index < -0.39 is 0 Å². The molecule has 0 aromatic rings. The summed E-state index contributed by atoms with van der Waals surface area (Å²) < 4.78 is 0. The summed E-state index contributed by atoms with van der Waals surface area (Å²) in [5.41, 5.74) is 0. The minimum Gasteiger partial charge on any atom is -0.393 e. The van der Waals surface area contributed by atoms with Gasteiger partial charge in [-0.25, -0.2) is 0 Å². The zero-order valence-electron chi connectivity index (χ0n) is 5.93. The third kappa shape index (κ3) is 1.95. The summed E-state index contributed by atoms with van der Waals surface area (Å²) in [6.07, 6.45) is 2.01. The summed E-state index contributed by atoms with van der Waals surface area (Å²) in [7, 11) is 0. The Morgan fingerprint density at radius 1 is 1.56 bits per heavy atom. The molecule has 2 heteroatoms. The molecular weight excluding hydrogens is 114 g/mol. The van der Waals surface area contributed by atoms with Gasteiger partial charge in [-0.15, -0.1) is 0 Å². The van der Waals surface area contributed by atoms with Crippen molar-refractivity contribution >= 4 is 0 Å². The van der Waals surface area contributed by atoms with Crippen LogP contribution < -0.4 is 5.32 Å². The van der Waals surface area contributed by atoms with Crippen LogP contribution in [0.25, 0.3) is 0 Å². The van der Waals surface area contributed by atoms with E-state index in [1.54, 1.807) is 0 Å². The summed E-state index contributed by atoms with van der Waals surface area (Å²) >= 11 is 0. The minimum atomic E-state index is -0.0694. The van der Waals surface area contributed by atoms with Gasteiger partial charge in [0.15, 0.2) is 0 Å². The number of hydrogen-bond acceptors (Lipinski definition) is 2. The molecule has 0 spiro atoms. The molecule has 0 radical (unpaired) electrons. The SMILES string of the molecule is CC1CNCCCC1O. The van der Waals surface area contributed by atoms with Crippen LogP contribution >= 0.6 is 0 Å². The van der Waals surface area contributed by atoms with Crippen molar-refractivity contribution in [2.75, 3.05) is 13.1 Å². The van der Waals surface area contributed by atoms with Crippen LogP contribution in [0.15, 0.2) is 0 Å². The molecular formula is C7H15NO. The van der Waals surface area contributed by atoms with Gasteiger partial charge in [0.05, 0.1) is 6.10 Å². The Morgan fingerprint density at radius 3 is 3.11 bits per heavy atom. The van der Waals surface area contributed by atoms with E-state index in [0.717, 1.165) is 25.9 Å². The van der Waals surface area contributed by atoms with Gasteiger partial charge >= 0.3 is 0 Å². The van der Waals surface area contributed by atoms with Gasteiger partial charge < -0.3 is 10.4 Å². The van der Waals surface area contributed by atoms with Gasteiger partial charge in [0.25, 0.3) is 0 Å². The monoisotopic (exact) mass is 129 g/mol. The van der Waals surface area contributed by atoms with Crippen LogP contribution in [0.1, 0.15) is 19.8 Å². The Balaban J connectivity index is 2.32. The van der Waals surface area contributed by atoms with Crippen molar-refractivity contribution in [2.24, 2.45) is 5.92 Å². The predicted molar refractivity (Wildman–Crippen MR) is 37.3 cm³/mol. The van der Waals surface area contributed by atoms with Crippen molar-refractivity contribution in [1.82, 2.24) is 5.32 Å². The van der Waals surface area contributed by atoms with Gasteiger partial charge in [0.1, 0.15) is 0 Å². The third-order valence-corrected chi connectivity index (χ3v) is 1.98. The minimum absolute atomic E-state index is 0.0694. The van der Waals surface area contributed by atoms with Crippen molar-refractivity contribution in [2.45, 2.75) is 25.9 Å². The summed E-state index contributed by atoms with van der Waals surface area (Å²) in [5.74, 6) is 0.437. The summed E-state index contributed by atoms with van der Waals surface area (Å²) in [4.78, 5) is 0. The van der Waals surface area contributed by atoms with E-state index in [0.29, 0.717) is 5.92 Å². The van der Waals surface area contributed by atoms with Gasteiger partial charge in [-0.2, -0.15) is 0 Å². The maximum atomic E-state index is 9.32. The second-order valence-corrected chi connectivity index (χ2v) is 2.89. The lowest BCUT2D eigenvalue weighted by Crippen LogP contribution is -2.24. The van der Waals surface area contributed by atoms with Crippen LogP contribution in [-0.2, 0) is 0 Å². The first kappa shape index (κ1) is 7.03. The molecule has 1 fully saturated rings. The van der Waals surface area contributed by atoms with Crippen molar-refractivity contribution in [3.8, 4) is 0 Å². The molecule has 2 N–H and O–H groups in total. The smallest absolute Gasteiger partial charge is 0.0578 e. The summed E-state index contributed by atoms with van der Waals surface area (Å²) in [6, 6.07) is 0. The zero-order chi connectivity index (χ0) is 6.69. The van der Waals surface area contributed by atoms with Crippen LogP contribution in [0.3, 0.4) is 0 Å². The second kappa shape index (κ2) is 3.18. The first-order valence-electron chi connectivity index (χ1n) is 3.69. The van der Waals surface area contributed by atoms with Crippen LogP contribution in [0.5, 0.6) is 0 Å². The van der Waals surface area contributed by atoms with Crippen molar-refractivity contribution in [1.29, 1.82) is 0 Å². The van der Waals surface area contributed by atoms with Crippen LogP contribution in [0.4, 0.5) is 0 Å². The molecule has 0 bridgehead atoms. The van der Waals surface area contributed by atoms with E-state index in [1.807, 2.05) is 0 Å². The second-order valence-electron chi connectivity index (χ2n) is 2.89. The van der Waals surface area contributed by atoms with E-state index in [4.69, 9.17) is 0 Å². The third-order valence-electron chi connectivity index (χ3n) is 1.98. The van der Waals surface area contributed by atoms with Gasteiger partial charge in [0, 0.05) is 6.54 Å². The van der Waals surface area contributed by atoms with Crippen LogP contribution in [0, 0.1) is 5.92 Å². The fraction of sp³-hybridized carbons (Fsp3) is 1.00. The standard InChI is InChI=1S/C7H15NO/c1-6-5-8-4-2-3-7(6)9/h6-9H,2-5H2,1H3. The highest BCUT2D eigenvalue weighted by molar-refractivity contribution is 4.70. The molecule has 1 aliphatic rings. The molecule has 1 rings (SSSR count). The van der Waals surface area contributed by atoms with Gasteiger partial charge in [-0.1, -0.05) is 6.92 Å². The maximum Gasteiger partial charge on any atom is 0.0578 e. The Hall–Kier alpha value is -0.0800. The quantitative estimate of drug-likeness (QED) is 0.495. The highest BCUT2D eigenvalue weighted by atomic mass is 16.3. The molecule has 54 valence electrons. The molecule has 1 aliphatic heterocycles. The predicted octanol–water partition coefficient (Wildman–Crippen LogP) is 0.367. The molecule has 0 saturated carbocycles. The molecule has 1 saturated heterocycles. The fourth-order valence-corrected chi connectivity index (χ4v) is 1.19. The number of aliphatic hydroxyl groups is 1. The fourth-order valence-electron chi connectivity index (χ4n) is 1.19. The Morgan fingerprint density at radius 2 is 2.33 bits per heavy atom. The highest BCUT2D eigenvalue weighted by Gasteiger charge is 2.15. The Bertz CT molecular complexity index is 75.0. The van der Waals surface area contributed by atoms with Crippen molar-refractivity contribution in [3.05, 3.63) is 0 Å². The van der Waals surface area contributed by atoms with Gasteiger partial charge in [-0.05, 0) is 25.3 Å². The van der Waals surface area contributed by atoms with Crippen molar-refractivity contribution in [3.63, 3.8) is 0 Å². The zero-order valence-corrected chi connectivity index (χ0v) is 5.93. The topological polar surface area (TPSA) is 32.3 Å². The average Bonchev–Trinajstić information content (AvgIpc) is 1.99. The Labute approximate surface area is 56.3 Å². The van der Waals surface area contributed by atoms with E-state index >= 15 is 0 Å². The molecule has 0 aliphatic carbocycles. The molecule has 2 nitrogen and oxygen atoms in total. The Kier molecular flexibility index (Phi) is 2.49. The number of rotatable bonds is 0. The number of aliphatic hydroxyl groups excluding tert-OH is 1. The number of nitrogens with one attached hydrogen (secondary N) is 1. The summed E-state index contributed by atoms with van der Waals surface area (Å²) in [5, 5.41) is 12.6. The highest BCUT2D eigenvalue weighted by Crippen LogP contribution is 2.10. The maximum absolute atomic E-state index is 9.32. The first-order valence-corrected chi connectivity index (χ1v) is 3.69. The van der Waals surface area contributed by atoms with E-state index in [-0.39, 0.29) is 6.10 Å². The molecule has 2 atom stereocenters. The van der Waals surface area contributed by atoms with Gasteiger partial charge in [0.2, 0.25) is 0 Å².